The Hall–Kier alpha value is -3.19. The largest absolute Gasteiger partial charge is 0.493 e. The number of benzene rings is 2. The number of hydrogen-bond donors (Lipinski definition) is 5. The molecule has 2 aliphatic rings. The summed E-state index contributed by atoms with van der Waals surface area (Å²) in [5.41, 5.74) is 2.09. The van der Waals surface area contributed by atoms with E-state index < -0.39 is 49.3 Å². The zero-order valence-electron chi connectivity index (χ0n) is 20.3. The van der Waals surface area contributed by atoms with Crippen molar-refractivity contribution in [2.24, 2.45) is 0 Å². The van der Waals surface area contributed by atoms with Gasteiger partial charge in [0.2, 0.25) is 6.29 Å². The molecule has 0 radical (unpaired) electrons. The molecule has 200 valence electrons. The molecule has 1 fully saturated rings. The van der Waals surface area contributed by atoms with Gasteiger partial charge < -0.3 is 49.2 Å². The fraction of sp³-hybridized carbons (Fsp3) is 0.423. The average molecular weight is 519 g/mol. The maximum Gasteiger partial charge on any atom is 0.229 e. The Kier molecular flexibility index (Phi) is 8.32. The molecule has 1 saturated heterocycles. The quantitative estimate of drug-likeness (QED) is 0.229. The van der Waals surface area contributed by atoms with Gasteiger partial charge in [0.25, 0.3) is 0 Å². The van der Waals surface area contributed by atoms with Crippen LogP contribution in [0.15, 0.2) is 36.4 Å². The highest BCUT2D eigenvalue weighted by molar-refractivity contribution is 5.75. The summed E-state index contributed by atoms with van der Waals surface area (Å²) in [6.07, 6.45) is -4.11. The van der Waals surface area contributed by atoms with Gasteiger partial charge in [0, 0.05) is 5.56 Å². The molecule has 0 saturated carbocycles. The van der Waals surface area contributed by atoms with Crippen molar-refractivity contribution in [1.29, 1.82) is 0 Å². The molecule has 5 N–H and O–H groups in total. The minimum absolute atomic E-state index is 0.172. The summed E-state index contributed by atoms with van der Waals surface area (Å²) in [5, 5.41) is 50.0. The van der Waals surface area contributed by atoms with Gasteiger partial charge in [-0.15, -0.1) is 0 Å². The first-order chi connectivity index (χ1) is 17.9. The van der Waals surface area contributed by atoms with Crippen molar-refractivity contribution in [3.8, 4) is 23.0 Å². The first kappa shape index (κ1) is 26.9. The molecule has 2 aromatic rings. The smallest absolute Gasteiger partial charge is 0.229 e. The maximum atomic E-state index is 10.8. The van der Waals surface area contributed by atoms with E-state index in [1.54, 1.807) is 30.3 Å². The molecule has 2 heterocycles. The highest BCUT2D eigenvalue weighted by Gasteiger charge is 2.45. The van der Waals surface area contributed by atoms with E-state index in [9.17, 15) is 30.3 Å². The molecule has 2 aromatic carbocycles. The van der Waals surface area contributed by atoms with Crippen molar-refractivity contribution < 1.29 is 54.0 Å². The topological polar surface area (TPSA) is 164 Å². The molecule has 0 aliphatic carbocycles. The van der Waals surface area contributed by atoms with Crippen LogP contribution in [0.25, 0.3) is 6.08 Å². The molecule has 0 aromatic heterocycles. The normalized spacial score (nSPS) is 29.0. The van der Waals surface area contributed by atoms with Crippen molar-refractivity contribution in [2.45, 2.75) is 42.7 Å². The Morgan fingerprint density at radius 3 is 2.32 bits per heavy atom. The predicted molar refractivity (Wildman–Crippen MR) is 129 cm³/mol. The van der Waals surface area contributed by atoms with Crippen LogP contribution in [0.4, 0.5) is 0 Å². The van der Waals surface area contributed by atoms with Crippen LogP contribution in [0.5, 0.6) is 23.0 Å². The van der Waals surface area contributed by atoms with Gasteiger partial charge in [-0.3, -0.25) is 4.79 Å². The monoisotopic (exact) mass is 518 g/mol. The zero-order chi connectivity index (χ0) is 26.7. The van der Waals surface area contributed by atoms with Crippen LogP contribution in [0.1, 0.15) is 28.7 Å². The SMILES string of the molecule is COc1cc([C@H]2Oc3c(OC)cc(/C=C/C=O)cc3[C@@H]2CO)ccc1O[C@@H]1O[C@H](CO)[C@@H](O)[C@H](O)[C@H]1O. The van der Waals surface area contributed by atoms with Gasteiger partial charge in [0.05, 0.1) is 33.4 Å². The molecule has 11 heteroatoms. The highest BCUT2D eigenvalue weighted by Crippen LogP contribution is 2.51. The highest BCUT2D eigenvalue weighted by atomic mass is 16.7. The van der Waals surface area contributed by atoms with E-state index in [0.717, 1.165) is 5.56 Å². The van der Waals surface area contributed by atoms with Gasteiger partial charge in [-0.25, -0.2) is 0 Å². The summed E-state index contributed by atoms with van der Waals surface area (Å²) >= 11 is 0. The predicted octanol–water partition coefficient (Wildman–Crippen LogP) is 0.304. The fourth-order valence-corrected chi connectivity index (χ4v) is 4.56. The van der Waals surface area contributed by atoms with Crippen LogP contribution in [0, 0.1) is 0 Å². The van der Waals surface area contributed by atoms with Gasteiger partial charge in [-0.1, -0.05) is 12.1 Å². The molecular formula is C26H30O11. The number of carbonyl (C=O) groups excluding carboxylic acids is 1. The Balaban J connectivity index is 1.62. The Morgan fingerprint density at radius 2 is 1.68 bits per heavy atom. The molecule has 37 heavy (non-hydrogen) atoms. The Bertz CT molecular complexity index is 1130. The molecule has 4 rings (SSSR count). The molecule has 2 aliphatic heterocycles. The van der Waals surface area contributed by atoms with E-state index in [-0.39, 0.29) is 18.1 Å². The third kappa shape index (κ3) is 5.14. The summed E-state index contributed by atoms with van der Waals surface area (Å²) in [4.78, 5) is 10.8. The average Bonchev–Trinajstić information content (AvgIpc) is 3.30. The minimum Gasteiger partial charge on any atom is -0.493 e. The fourth-order valence-electron chi connectivity index (χ4n) is 4.56. The number of aliphatic hydroxyl groups excluding tert-OH is 5. The molecule has 0 spiro atoms. The van der Waals surface area contributed by atoms with Crippen LogP contribution in [0.3, 0.4) is 0 Å². The lowest BCUT2D eigenvalue weighted by Crippen LogP contribution is -2.60. The number of allylic oxidation sites excluding steroid dienone is 1. The lowest BCUT2D eigenvalue weighted by Gasteiger charge is -2.39. The van der Waals surface area contributed by atoms with Crippen molar-refractivity contribution >= 4 is 12.4 Å². The summed E-state index contributed by atoms with van der Waals surface area (Å²) < 4.78 is 28.3. The van der Waals surface area contributed by atoms with Crippen LogP contribution in [-0.4, -0.2) is 90.0 Å². The van der Waals surface area contributed by atoms with Crippen LogP contribution >= 0.6 is 0 Å². The number of aldehydes is 1. The second-order valence-electron chi connectivity index (χ2n) is 8.69. The lowest BCUT2D eigenvalue weighted by atomic mass is 9.90. The number of fused-ring (bicyclic) bond motifs is 1. The number of methoxy groups -OCH3 is 2. The molecular weight excluding hydrogens is 488 g/mol. The van der Waals surface area contributed by atoms with Gasteiger partial charge in [0.1, 0.15) is 36.8 Å². The first-order valence-corrected chi connectivity index (χ1v) is 11.6. The van der Waals surface area contributed by atoms with E-state index in [1.807, 2.05) is 6.07 Å². The van der Waals surface area contributed by atoms with E-state index in [2.05, 4.69) is 0 Å². The van der Waals surface area contributed by atoms with Crippen molar-refractivity contribution in [3.63, 3.8) is 0 Å². The number of carbonyl (C=O) groups is 1. The Labute approximate surface area is 213 Å². The van der Waals surface area contributed by atoms with Crippen LogP contribution in [-0.2, 0) is 9.53 Å². The van der Waals surface area contributed by atoms with E-state index in [4.69, 9.17) is 23.7 Å². The molecule has 0 amide bonds. The van der Waals surface area contributed by atoms with Crippen molar-refractivity contribution in [3.05, 3.63) is 53.1 Å². The van der Waals surface area contributed by atoms with Gasteiger partial charge in [-0.2, -0.15) is 0 Å². The second kappa shape index (κ2) is 11.5. The van der Waals surface area contributed by atoms with Crippen LogP contribution in [0.2, 0.25) is 0 Å². The number of rotatable bonds is 9. The molecule has 0 bridgehead atoms. The summed E-state index contributed by atoms with van der Waals surface area (Å²) in [7, 11) is 2.92. The number of ether oxygens (including phenoxy) is 5. The molecule has 7 atom stereocenters. The standard InChI is InChI=1S/C26H30O11/c1-33-18-10-14(5-6-17(18)35-26-23(32)22(31)21(30)20(12-29)36-26)24-16(11-28)15-8-13(4-3-7-27)9-19(34-2)25(15)37-24/h3-10,16,20-24,26,28-32H,11-12H2,1-2H3/b4-3+/t16-,20+,21+,22-,23+,24+,26+/m0/s1. The van der Waals surface area contributed by atoms with Crippen LogP contribution < -0.4 is 18.9 Å². The van der Waals surface area contributed by atoms with Gasteiger partial charge in [0.15, 0.2) is 23.0 Å². The van der Waals surface area contributed by atoms with Crippen molar-refractivity contribution in [1.82, 2.24) is 0 Å². The second-order valence-corrected chi connectivity index (χ2v) is 8.69. The maximum absolute atomic E-state index is 10.8. The minimum atomic E-state index is -1.59. The van der Waals surface area contributed by atoms with Gasteiger partial charge in [-0.05, 0) is 41.5 Å². The Morgan fingerprint density at radius 1 is 0.919 bits per heavy atom. The lowest BCUT2D eigenvalue weighted by molar-refractivity contribution is -0.277. The number of hydrogen-bond acceptors (Lipinski definition) is 11. The van der Waals surface area contributed by atoms with Crippen molar-refractivity contribution in [2.75, 3.05) is 27.4 Å². The summed E-state index contributed by atoms with van der Waals surface area (Å²) in [5.74, 6) is 0.919. The molecule has 11 nitrogen and oxygen atoms in total. The third-order valence-corrected chi connectivity index (χ3v) is 6.51. The molecule has 0 unspecified atom stereocenters. The summed E-state index contributed by atoms with van der Waals surface area (Å²) in [6, 6.07) is 8.46. The van der Waals surface area contributed by atoms with Gasteiger partial charge >= 0.3 is 0 Å². The van der Waals surface area contributed by atoms with E-state index in [0.29, 0.717) is 28.9 Å². The zero-order valence-corrected chi connectivity index (χ0v) is 20.3. The van der Waals surface area contributed by atoms with E-state index in [1.165, 1.54) is 20.3 Å². The third-order valence-electron chi connectivity index (χ3n) is 6.51. The summed E-state index contributed by atoms with van der Waals surface area (Å²) in [6.45, 7) is -0.813. The van der Waals surface area contributed by atoms with E-state index >= 15 is 0 Å². The first-order valence-electron chi connectivity index (χ1n) is 11.6. The number of aliphatic hydroxyl groups is 5.